The molecule has 10 nitrogen and oxygen atoms in total. The highest BCUT2D eigenvalue weighted by Gasteiger charge is 2.35. The van der Waals surface area contributed by atoms with Gasteiger partial charge in [-0.15, -0.1) is 21.5 Å². The molecule has 0 radical (unpaired) electrons. The zero-order valence-electron chi connectivity index (χ0n) is 26.7. The van der Waals surface area contributed by atoms with Gasteiger partial charge in [-0.3, -0.25) is 19.1 Å². The molecule has 2 aliphatic heterocycles. The Bertz CT molecular complexity index is 1910. The predicted molar refractivity (Wildman–Crippen MR) is 185 cm³/mol. The Morgan fingerprint density at radius 1 is 1.06 bits per heavy atom. The van der Waals surface area contributed by atoms with Crippen LogP contribution < -0.4 is 0 Å². The molecule has 0 saturated carbocycles. The van der Waals surface area contributed by atoms with Gasteiger partial charge in [0, 0.05) is 57.2 Å². The lowest BCUT2D eigenvalue weighted by atomic mass is 9.99. The van der Waals surface area contributed by atoms with Gasteiger partial charge in [-0.05, 0) is 85.4 Å². The highest BCUT2D eigenvalue weighted by Crippen LogP contribution is 2.40. The summed E-state index contributed by atoms with van der Waals surface area (Å²) in [7, 11) is 3.10. The second-order valence-electron chi connectivity index (χ2n) is 11.8. The van der Waals surface area contributed by atoms with Gasteiger partial charge in [-0.25, -0.2) is 4.79 Å². The van der Waals surface area contributed by atoms with Crippen molar-refractivity contribution < 1.29 is 19.1 Å². The molecule has 4 heterocycles. The molecule has 244 valence electrons. The molecule has 2 aromatic heterocycles. The molecule has 0 N–H and O–H groups in total. The molecule has 0 bridgehead atoms. The summed E-state index contributed by atoms with van der Waals surface area (Å²) in [5, 5.41) is 10.6. The largest absolute Gasteiger partial charge is 0.465 e. The van der Waals surface area contributed by atoms with Crippen molar-refractivity contribution in [2.75, 3.05) is 27.2 Å². The molecule has 2 amide bonds. The number of likely N-dealkylation sites (tertiary alicyclic amines) is 1. The van der Waals surface area contributed by atoms with Crippen molar-refractivity contribution in [2.24, 2.45) is 4.99 Å². The summed E-state index contributed by atoms with van der Waals surface area (Å²) in [6, 6.07) is 11.9. The van der Waals surface area contributed by atoms with E-state index in [9.17, 15) is 14.4 Å². The molecule has 1 saturated heterocycles. The van der Waals surface area contributed by atoms with Gasteiger partial charge in [0.1, 0.15) is 16.9 Å². The molecule has 6 rings (SSSR count). The van der Waals surface area contributed by atoms with Crippen LogP contribution in [0.15, 0.2) is 51.9 Å². The number of thiophene rings is 1. The predicted octanol–water partition coefficient (Wildman–Crippen LogP) is 6.50. The first-order valence-electron chi connectivity index (χ1n) is 15.3. The van der Waals surface area contributed by atoms with E-state index in [1.165, 1.54) is 12.0 Å². The third-order valence-corrected chi connectivity index (χ3v) is 11.1. The van der Waals surface area contributed by atoms with E-state index in [0.717, 1.165) is 33.2 Å². The van der Waals surface area contributed by atoms with Gasteiger partial charge < -0.3 is 14.5 Å². The van der Waals surface area contributed by atoms with E-state index < -0.39 is 12.0 Å². The fourth-order valence-corrected chi connectivity index (χ4v) is 8.10. The van der Waals surface area contributed by atoms with Crippen molar-refractivity contribution in [2.45, 2.75) is 52.1 Å². The van der Waals surface area contributed by atoms with Crippen molar-refractivity contribution in [1.29, 1.82) is 0 Å². The Kier molecular flexibility index (Phi) is 9.37. The van der Waals surface area contributed by atoms with Crippen molar-refractivity contribution in [3.8, 4) is 5.00 Å². The number of carbonyl (C=O) groups is 3. The number of carbonyl (C=O) groups excluding carboxylic acids is 3. The Balaban J connectivity index is 1.20. The number of methoxy groups -OCH3 is 1. The number of ether oxygens (including phenoxy) is 1. The number of hydrogen-bond acceptors (Lipinski definition) is 8. The number of aliphatic imine (C=N–C) groups is 1. The molecule has 2 aromatic carbocycles. The average molecular weight is 738 g/mol. The number of hydrogen-bond donors (Lipinski definition) is 0. The topological polar surface area (TPSA) is 110 Å². The summed E-state index contributed by atoms with van der Waals surface area (Å²) in [6.45, 7) is 7.16. The molecule has 4 aromatic rings. The van der Waals surface area contributed by atoms with Crippen molar-refractivity contribution in [3.05, 3.63) is 96.3 Å². The summed E-state index contributed by atoms with van der Waals surface area (Å²) >= 11 is 11.3. The number of fused-ring (bicyclic) bond motifs is 3. The van der Waals surface area contributed by atoms with E-state index in [-0.39, 0.29) is 24.3 Å². The van der Waals surface area contributed by atoms with E-state index in [2.05, 4.69) is 40.0 Å². The number of piperidine rings is 1. The highest BCUT2D eigenvalue weighted by molar-refractivity contribution is 9.10. The summed E-state index contributed by atoms with van der Waals surface area (Å²) in [4.78, 5) is 49.1. The Morgan fingerprint density at radius 2 is 1.77 bits per heavy atom. The SMILES string of the molecule is COC(=O)c1ccc(C(=O)N(C)C2CCN(C(=O)C[C@@H]3N=C(c4ccc(Cl)cc4)c4c(sc(C)c4C)-n4c(C)nnc43)CC2)cc1Br. The zero-order chi connectivity index (χ0) is 33.6. The van der Waals surface area contributed by atoms with Crippen LogP contribution in [0.25, 0.3) is 5.00 Å². The van der Waals surface area contributed by atoms with Crippen LogP contribution in [0.3, 0.4) is 0 Å². The molecular formula is C34H34BrClN6O4S. The first-order valence-corrected chi connectivity index (χ1v) is 17.3. The number of benzene rings is 2. The van der Waals surface area contributed by atoms with Gasteiger partial charge in [0.05, 0.1) is 24.8 Å². The monoisotopic (exact) mass is 736 g/mol. The normalized spacial score (nSPS) is 16.2. The van der Waals surface area contributed by atoms with E-state index in [0.29, 0.717) is 52.4 Å². The summed E-state index contributed by atoms with van der Waals surface area (Å²) in [6.07, 6.45) is 1.43. The minimum absolute atomic E-state index is 0.0191. The highest BCUT2D eigenvalue weighted by atomic mass is 79.9. The van der Waals surface area contributed by atoms with E-state index >= 15 is 0 Å². The lowest BCUT2D eigenvalue weighted by Crippen LogP contribution is -2.47. The lowest BCUT2D eigenvalue weighted by molar-refractivity contribution is -0.133. The Labute approximate surface area is 290 Å². The van der Waals surface area contributed by atoms with Crippen LogP contribution >= 0.6 is 38.9 Å². The van der Waals surface area contributed by atoms with Crippen molar-refractivity contribution in [3.63, 3.8) is 0 Å². The number of nitrogens with zero attached hydrogens (tertiary/aromatic N) is 6. The molecule has 0 aliphatic carbocycles. The number of esters is 1. The molecule has 13 heteroatoms. The molecule has 47 heavy (non-hydrogen) atoms. The summed E-state index contributed by atoms with van der Waals surface area (Å²) in [5.41, 5.74) is 4.71. The Hall–Kier alpha value is -3.87. The van der Waals surface area contributed by atoms with Crippen LogP contribution in [0.5, 0.6) is 0 Å². The number of aryl methyl sites for hydroxylation is 2. The van der Waals surface area contributed by atoms with Gasteiger partial charge in [0.25, 0.3) is 5.91 Å². The maximum atomic E-state index is 13.9. The summed E-state index contributed by atoms with van der Waals surface area (Å²) < 4.78 is 7.34. The van der Waals surface area contributed by atoms with Crippen LogP contribution in [-0.4, -0.2) is 81.3 Å². The Morgan fingerprint density at radius 3 is 2.43 bits per heavy atom. The van der Waals surface area contributed by atoms with Crippen LogP contribution in [0, 0.1) is 20.8 Å². The standard InChI is InChI=1S/C34H34BrClN6O4S/c1-18-19(2)47-33-29(18)30(21-6-9-23(36)10-7-21)37-27(31-39-38-20(3)42(31)33)17-28(43)41-14-12-24(13-15-41)40(4)32(44)22-8-11-25(26(35)16-22)34(45)46-5/h6-11,16,24,27H,12-15,17H2,1-5H3/t27-/m0/s1. The van der Waals surface area contributed by atoms with Gasteiger partial charge in [0.15, 0.2) is 5.82 Å². The van der Waals surface area contributed by atoms with E-state index in [1.54, 1.807) is 41.5 Å². The quantitative estimate of drug-likeness (QED) is 0.209. The van der Waals surface area contributed by atoms with Crippen LogP contribution in [0.4, 0.5) is 0 Å². The van der Waals surface area contributed by atoms with Crippen LogP contribution in [0.1, 0.15) is 79.2 Å². The number of rotatable bonds is 6. The fourth-order valence-electron chi connectivity index (χ4n) is 6.22. The summed E-state index contributed by atoms with van der Waals surface area (Å²) in [5.74, 6) is 0.741. The number of halogens is 2. The van der Waals surface area contributed by atoms with Crippen molar-refractivity contribution >= 4 is 62.4 Å². The number of aromatic nitrogens is 3. The van der Waals surface area contributed by atoms with Gasteiger partial charge in [-0.2, -0.15) is 0 Å². The number of amides is 2. The minimum Gasteiger partial charge on any atom is -0.465 e. The van der Waals surface area contributed by atoms with E-state index in [1.807, 2.05) is 40.7 Å². The molecule has 0 unspecified atom stereocenters. The van der Waals surface area contributed by atoms with Gasteiger partial charge in [0.2, 0.25) is 5.91 Å². The molecule has 0 spiro atoms. The maximum Gasteiger partial charge on any atom is 0.339 e. The smallest absolute Gasteiger partial charge is 0.339 e. The van der Waals surface area contributed by atoms with Gasteiger partial charge in [-0.1, -0.05) is 23.7 Å². The molecular weight excluding hydrogens is 704 g/mol. The second kappa shape index (κ2) is 13.3. The van der Waals surface area contributed by atoms with Gasteiger partial charge >= 0.3 is 5.97 Å². The third kappa shape index (κ3) is 6.26. The van der Waals surface area contributed by atoms with Crippen molar-refractivity contribution in [1.82, 2.24) is 24.6 Å². The molecule has 1 fully saturated rings. The fraction of sp³-hybridized carbons (Fsp3) is 0.353. The second-order valence-corrected chi connectivity index (χ2v) is 14.3. The first-order chi connectivity index (χ1) is 22.5. The van der Waals surface area contributed by atoms with Crippen LogP contribution in [-0.2, 0) is 9.53 Å². The molecule has 1 atom stereocenters. The van der Waals surface area contributed by atoms with E-state index in [4.69, 9.17) is 21.3 Å². The average Bonchev–Trinajstić information content (AvgIpc) is 3.55. The third-order valence-electron chi connectivity index (χ3n) is 9.03. The lowest BCUT2D eigenvalue weighted by Gasteiger charge is -2.37. The first kappa shape index (κ1) is 33.0. The minimum atomic E-state index is -0.540. The molecule has 2 aliphatic rings. The van der Waals surface area contributed by atoms with Crippen LogP contribution in [0.2, 0.25) is 5.02 Å². The zero-order valence-corrected chi connectivity index (χ0v) is 29.9. The maximum absolute atomic E-state index is 13.9.